The largest absolute Gasteiger partial charge is 0.361 e. The number of aromatic nitrogens is 1. The molecule has 0 radical (unpaired) electrons. The maximum Gasteiger partial charge on any atom is 0.261 e. The molecule has 0 saturated heterocycles. The van der Waals surface area contributed by atoms with Gasteiger partial charge in [0.1, 0.15) is 0 Å². The summed E-state index contributed by atoms with van der Waals surface area (Å²) >= 11 is 0. The van der Waals surface area contributed by atoms with Crippen molar-refractivity contribution in [3.8, 4) is 0 Å². The van der Waals surface area contributed by atoms with Gasteiger partial charge in [-0.05, 0) is 67.3 Å². The van der Waals surface area contributed by atoms with Crippen molar-refractivity contribution in [2.24, 2.45) is 0 Å². The van der Waals surface area contributed by atoms with Gasteiger partial charge >= 0.3 is 0 Å². The Morgan fingerprint density at radius 2 is 1.59 bits per heavy atom. The third-order valence-corrected chi connectivity index (χ3v) is 6.83. The van der Waals surface area contributed by atoms with E-state index in [0.29, 0.717) is 24.2 Å². The maximum atomic E-state index is 12.8. The van der Waals surface area contributed by atoms with Crippen LogP contribution in [0.1, 0.15) is 23.1 Å². The first-order valence-corrected chi connectivity index (χ1v) is 11.9. The van der Waals surface area contributed by atoms with Gasteiger partial charge in [-0.1, -0.05) is 36.4 Å². The highest BCUT2D eigenvalue weighted by Gasteiger charge is 2.16. The number of aromatic amines is 1. The number of anilines is 2. The summed E-state index contributed by atoms with van der Waals surface area (Å²) in [6.07, 6.45) is 2.87. The molecule has 3 N–H and O–H groups in total. The van der Waals surface area contributed by atoms with Gasteiger partial charge in [0.05, 0.1) is 10.6 Å². The fourth-order valence-corrected chi connectivity index (χ4v) is 4.90. The van der Waals surface area contributed by atoms with Gasteiger partial charge in [-0.2, -0.15) is 0 Å². The molecule has 1 heterocycles. The summed E-state index contributed by atoms with van der Waals surface area (Å²) in [4.78, 5) is 15.7. The molecule has 3 aromatic carbocycles. The summed E-state index contributed by atoms with van der Waals surface area (Å²) in [5.41, 5.74) is 4.99. The smallest absolute Gasteiger partial charge is 0.261 e. The lowest BCUT2D eigenvalue weighted by molar-refractivity contribution is -0.116. The van der Waals surface area contributed by atoms with E-state index in [1.54, 1.807) is 12.1 Å². The van der Waals surface area contributed by atoms with Crippen LogP contribution in [0.3, 0.4) is 0 Å². The predicted octanol–water partition coefficient (Wildman–Crippen LogP) is 5.16. The fourth-order valence-electron chi connectivity index (χ4n) is 3.70. The van der Waals surface area contributed by atoms with Crippen molar-refractivity contribution in [1.82, 2.24) is 4.98 Å². The van der Waals surface area contributed by atoms with Gasteiger partial charge in [0.25, 0.3) is 10.0 Å². The number of carbonyl (C=O) groups excluding carboxylic acids is 1. The summed E-state index contributed by atoms with van der Waals surface area (Å²) in [5, 5.41) is 3.95. The second-order valence-corrected chi connectivity index (χ2v) is 9.49. The minimum absolute atomic E-state index is 0.125. The van der Waals surface area contributed by atoms with Crippen LogP contribution < -0.4 is 10.0 Å². The third-order valence-electron chi connectivity index (χ3n) is 5.46. The molecular weight excluding hydrogens is 422 g/mol. The predicted molar refractivity (Wildman–Crippen MR) is 128 cm³/mol. The number of fused-ring (bicyclic) bond motifs is 1. The van der Waals surface area contributed by atoms with Gasteiger partial charge in [-0.3, -0.25) is 9.52 Å². The number of benzene rings is 3. The number of hydrogen-bond donors (Lipinski definition) is 3. The van der Waals surface area contributed by atoms with Crippen LogP contribution in [-0.4, -0.2) is 19.3 Å². The van der Waals surface area contributed by atoms with Crippen LogP contribution in [0.15, 0.2) is 77.8 Å². The van der Waals surface area contributed by atoms with E-state index in [1.807, 2.05) is 62.5 Å². The summed E-state index contributed by atoms with van der Waals surface area (Å²) < 4.78 is 28.2. The molecule has 164 valence electrons. The monoisotopic (exact) mass is 447 g/mol. The minimum Gasteiger partial charge on any atom is -0.361 e. The van der Waals surface area contributed by atoms with Gasteiger partial charge in [0.2, 0.25) is 5.91 Å². The molecule has 32 heavy (non-hydrogen) atoms. The van der Waals surface area contributed by atoms with E-state index >= 15 is 0 Å². The molecule has 0 aliphatic rings. The third kappa shape index (κ3) is 4.68. The van der Waals surface area contributed by atoms with Crippen molar-refractivity contribution in [3.63, 3.8) is 0 Å². The summed E-state index contributed by atoms with van der Waals surface area (Å²) in [6.45, 7) is 3.72. The number of carbonyl (C=O) groups is 1. The number of H-pyrrole nitrogens is 1. The van der Waals surface area contributed by atoms with Crippen LogP contribution in [0.2, 0.25) is 0 Å². The number of nitrogens with one attached hydrogen (secondary N) is 3. The maximum absolute atomic E-state index is 12.8. The summed E-state index contributed by atoms with van der Waals surface area (Å²) in [5.74, 6) is -0.125. The van der Waals surface area contributed by atoms with Crippen LogP contribution in [-0.2, 0) is 21.2 Å². The van der Waals surface area contributed by atoms with Crippen LogP contribution in [0.25, 0.3) is 10.9 Å². The molecular formula is C25H25N3O3S. The molecule has 4 aromatic rings. The Balaban J connectivity index is 1.39. The first-order chi connectivity index (χ1) is 15.3. The highest BCUT2D eigenvalue weighted by molar-refractivity contribution is 7.92. The molecule has 0 saturated carbocycles. The van der Waals surface area contributed by atoms with Crippen LogP contribution in [0, 0.1) is 13.8 Å². The molecule has 0 fully saturated rings. The first kappa shape index (κ1) is 21.6. The zero-order valence-electron chi connectivity index (χ0n) is 18.0. The molecule has 0 bridgehead atoms. The molecule has 6 nitrogen and oxygen atoms in total. The topological polar surface area (TPSA) is 91.1 Å². The van der Waals surface area contributed by atoms with Crippen molar-refractivity contribution in [2.75, 3.05) is 10.0 Å². The van der Waals surface area contributed by atoms with E-state index < -0.39 is 10.0 Å². The highest BCUT2D eigenvalue weighted by Crippen LogP contribution is 2.24. The van der Waals surface area contributed by atoms with E-state index in [-0.39, 0.29) is 10.8 Å². The number of amides is 1. The van der Waals surface area contributed by atoms with Crippen LogP contribution >= 0.6 is 0 Å². The normalized spacial score (nSPS) is 11.4. The quantitative estimate of drug-likeness (QED) is 0.366. The van der Waals surface area contributed by atoms with E-state index in [2.05, 4.69) is 15.0 Å². The van der Waals surface area contributed by atoms with E-state index in [9.17, 15) is 13.2 Å². The Bertz CT molecular complexity index is 1350. The molecule has 0 spiro atoms. The van der Waals surface area contributed by atoms with Gasteiger partial charge in [0, 0.05) is 29.2 Å². The molecule has 0 unspecified atom stereocenters. The number of aryl methyl sites for hydroxylation is 3. The van der Waals surface area contributed by atoms with Gasteiger partial charge in [0.15, 0.2) is 0 Å². The molecule has 7 heteroatoms. The van der Waals surface area contributed by atoms with Crippen molar-refractivity contribution < 1.29 is 13.2 Å². The van der Waals surface area contributed by atoms with Crippen molar-refractivity contribution in [3.05, 3.63) is 89.6 Å². The standard InChI is InChI=1S/C25H25N3O3S/c1-17-6-5-7-18(2)25(17)28-32(30,31)21-13-11-20(12-14-21)27-24(29)15-10-19-16-26-23-9-4-3-8-22(19)23/h3-9,11-14,16,26,28H,10,15H2,1-2H3,(H,27,29). The van der Waals surface area contributed by atoms with Gasteiger partial charge in [-0.15, -0.1) is 0 Å². The van der Waals surface area contributed by atoms with Crippen molar-refractivity contribution >= 4 is 38.2 Å². The van der Waals surface area contributed by atoms with E-state index in [0.717, 1.165) is 27.6 Å². The van der Waals surface area contributed by atoms with Crippen molar-refractivity contribution in [1.29, 1.82) is 0 Å². The Hall–Kier alpha value is -3.58. The van der Waals surface area contributed by atoms with Crippen molar-refractivity contribution in [2.45, 2.75) is 31.6 Å². The first-order valence-electron chi connectivity index (χ1n) is 10.4. The van der Waals surface area contributed by atoms with E-state index in [1.165, 1.54) is 12.1 Å². The van der Waals surface area contributed by atoms with Gasteiger partial charge < -0.3 is 10.3 Å². The Morgan fingerprint density at radius 3 is 2.31 bits per heavy atom. The number of hydrogen-bond acceptors (Lipinski definition) is 3. The summed E-state index contributed by atoms with van der Waals surface area (Å²) in [6, 6.07) is 19.8. The lowest BCUT2D eigenvalue weighted by Crippen LogP contribution is -2.15. The zero-order chi connectivity index (χ0) is 22.7. The number of rotatable bonds is 7. The average molecular weight is 448 g/mol. The Labute approximate surface area is 187 Å². The minimum atomic E-state index is -3.73. The molecule has 0 aliphatic carbocycles. The Kier molecular flexibility index (Phi) is 6.01. The van der Waals surface area contributed by atoms with Gasteiger partial charge in [-0.25, -0.2) is 8.42 Å². The van der Waals surface area contributed by atoms with Crippen LogP contribution in [0.4, 0.5) is 11.4 Å². The molecule has 0 aliphatic heterocycles. The zero-order valence-corrected chi connectivity index (χ0v) is 18.8. The lowest BCUT2D eigenvalue weighted by atomic mass is 10.1. The van der Waals surface area contributed by atoms with E-state index in [4.69, 9.17) is 0 Å². The molecule has 1 aromatic heterocycles. The van der Waals surface area contributed by atoms with Crippen LogP contribution in [0.5, 0.6) is 0 Å². The number of para-hydroxylation sites is 2. The molecule has 1 amide bonds. The number of sulfonamides is 1. The average Bonchev–Trinajstić information content (AvgIpc) is 3.19. The molecule has 0 atom stereocenters. The second-order valence-electron chi connectivity index (χ2n) is 7.80. The SMILES string of the molecule is Cc1cccc(C)c1NS(=O)(=O)c1ccc(NC(=O)CCc2c[nH]c3ccccc23)cc1. The highest BCUT2D eigenvalue weighted by atomic mass is 32.2. The lowest BCUT2D eigenvalue weighted by Gasteiger charge is -2.13. The molecule has 4 rings (SSSR count). The Morgan fingerprint density at radius 1 is 0.906 bits per heavy atom. The summed E-state index contributed by atoms with van der Waals surface area (Å²) in [7, 11) is -3.73. The second kappa shape index (κ2) is 8.88. The fraction of sp³-hybridized carbons (Fsp3) is 0.160.